The number of carbonyl (C=O) groups is 1. The molecule has 0 radical (unpaired) electrons. The molecule has 4 nitrogen and oxygen atoms in total. The number of benzene rings is 1. The number of rotatable bonds is 7. The molecule has 0 aliphatic heterocycles. The minimum Gasteiger partial charge on any atom is -0.491 e. The van der Waals surface area contributed by atoms with Crippen LogP contribution in [0.3, 0.4) is 0 Å². The van der Waals surface area contributed by atoms with Gasteiger partial charge in [0.2, 0.25) is 0 Å². The lowest BCUT2D eigenvalue weighted by Crippen LogP contribution is -2.42. The van der Waals surface area contributed by atoms with Crippen molar-refractivity contribution in [1.29, 1.82) is 0 Å². The number of ether oxygens (including phenoxy) is 2. The molecule has 106 valence electrons. The molecule has 1 N–H and O–H groups in total. The number of carbonyl (C=O) groups excluding carboxylic acids is 1. The Kier molecular flexibility index (Phi) is 6.36. The smallest absolute Gasteiger partial charge is 0.326 e. The van der Waals surface area contributed by atoms with Gasteiger partial charge < -0.3 is 14.8 Å². The Labute approximate surface area is 115 Å². The molecular weight excluding hydrogens is 242 g/mol. The summed E-state index contributed by atoms with van der Waals surface area (Å²) in [5.74, 6) is 0.534. The van der Waals surface area contributed by atoms with E-state index in [9.17, 15) is 4.79 Å². The van der Waals surface area contributed by atoms with Crippen molar-refractivity contribution in [2.45, 2.75) is 33.7 Å². The van der Waals surface area contributed by atoms with Crippen LogP contribution in [0.15, 0.2) is 18.2 Å². The van der Waals surface area contributed by atoms with Crippen molar-refractivity contribution in [3.05, 3.63) is 29.3 Å². The van der Waals surface area contributed by atoms with Gasteiger partial charge in [0.1, 0.15) is 18.4 Å². The second-order valence-corrected chi connectivity index (χ2v) is 4.44. The first kappa shape index (κ1) is 15.5. The topological polar surface area (TPSA) is 47.6 Å². The number of esters is 1. The standard InChI is InChI=1S/C15H23NO3/c1-5-16-13(15(17)18-6-2)10-19-14-8-7-11(3)9-12(14)4/h7-9,13,16H,5-6,10H2,1-4H3. The number of hydrogen-bond acceptors (Lipinski definition) is 4. The van der Waals surface area contributed by atoms with E-state index in [1.165, 1.54) is 5.56 Å². The molecule has 0 saturated heterocycles. The normalized spacial score (nSPS) is 12.0. The third-order valence-corrected chi connectivity index (χ3v) is 2.76. The van der Waals surface area contributed by atoms with E-state index in [1.807, 2.05) is 32.9 Å². The third kappa shape index (κ3) is 4.91. The van der Waals surface area contributed by atoms with E-state index < -0.39 is 6.04 Å². The van der Waals surface area contributed by atoms with Crippen LogP contribution in [0.25, 0.3) is 0 Å². The zero-order chi connectivity index (χ0) is 14.3. The van der Waals surface area contributed by atoms with Crippen molar-refractivity contribution >= 4 is 5.97 Å². The molecule has 0 saturated carbocycles. The van der Waals surface area contributed by atoms with Crippen LogP contribution in [-0.4, -0.2) is 31.8 Å². The fourth-order valence-electron chi connectivity index (χ4n) is 1.83. The lowest BCUT2D eigenvalue weighted by Gasteiger charge is -2.18. The Hall–Kier alpha value is -1.55. The summed E-state index contributed by atoms with van der Waals surface area (Å²) in [7, 11) is 0. The van der Waals surface area contributed by atoms with Crippen LogP contribution in [0.2, 0.25) is 0 Å². The maximum Gasteiger partial charge on any atom is 0.326 e. The second kappa shape index (κ2) is 7.79. The van der Waals surface area contributed by atoms with Crippen LogP contribution < -0.4 is 10.1 Å². The van der Waals surface area contributed by atoms with Crippen molar-refractivity contribution in [2.24, 2.45) is 0 Å². The van der Waals surface area contributed by atoms with Crippen molar-refractivity contribution in [3.63, 3.8) is 0 Å². The maximum absolute atomic E-state index is 11.7. The number of nitrogens with one attached hydrogen (secondary N) is 1. The highest BCUT2D eigenvalue weighted by Crippen LogP contribution is 2.18. The largest absolute Gasteiger partial charge is 0.491 e. The van der Waals surface area contributed by atoms with Crippen LogP contribution in [0.5, 0.6) is 5.75 Å². The molecule has 1 unspecified atom stereocenters. The van der Waals surface area contributed by atoms with Crippen molar-refractivity contribution < 1.29 is 14.3 Å². The molecule has 19 heavy (non-hydrogen) atoms. The third-order valence-electron chi connectivity index (χ3n) is 2.76. The van der Waals surface area contributed by atoms with Gasteiger partial charge >= 0.3 is 5.97 Å². The number of hydrogen-bond donors (Lipinski definition) is 1. The van der Waals surface area contributed by atoms with Crippen LogP contribution in [0.1, 0.15) is 25.0 Å². The lowest BCUT2D eigenvalue weighted by atomic mass is 10.1. The van der Waals surface area contributed by atoms with Gasteiger partial charge in [-0.3, -0.25) is 4.79 Å². The minimum atomic E-state index is -0.425. The molecule has 0 aliphatic carbocycles. The van der Waals surface area contributed by atoms with Crippen LogP contribution >= 0.6 is 0 Å². The maximum atomic E-state index is 11.7. The van der Waals surface area contributed by atoms with Crippen molar-refractivity contribution in [1.82, 2.24) is 5.32 Å². The molecule has 0 aromatic heterocycles. The summed E-state index contributed by atoms with van der Waals surface area (Å²) in [6.07, 6.45) is 0. The zero-order valence-electron chi connectivity index (χ0n) is 12.2. The summed E-state index contributed by atoms with van der Waals surface area (Å²) in [4.78, 5) is 11.7. The van der Waals surface area contributed by atoms with Gasteiger partial charge in [0, 0.05) is 0 Å². The molecule has 0 heterocycles. The van der Waals surface area contributed by atoms with Gasteiger partial charge in [-0.15, -0.1) is 0 Å². The minimum absolute atomic E-state index is 0.269. The van der Waals surface area contributed by atoms with E-state index in [4.69, 9.17) is 9.47 Å². The molecule has 4 heteroatoms. The zero-order valence-corrected chi connectivity index (χ0v) is 12.2. The Morgan fingerprint density at radius 2 is 2.05 bits per heavy atom. The molecule has 1 atom stereocenters. The number of aryl methyl sites for hydroxylation is 2. The fraction of sp³-hybridized carbons (Fsp3) is 0.533. The second-order valence-electron chi connectivity index (χ2n) is 4.44. The molecule has 0 spiro atoms. The van der Waals surface area contributed by atoms with Crippen LogP contribution in [0.4, 0.5) is 0 Å². The highest BCUT2D eigenvalue weighted by molar-refractivity contribution is 5.76. The highest BCUT2D eigenvalue weighted by atomic mass is 16.5. The van der Waals surface area contributed by atoms with E-state index in [2.05, 4.69) is 11.4 Å². The van der Waals surface area contributed by atoms with E-state index in [1.54, 1.807) is 6.92 Å². The average molecular weight is 265 g/mol. The van der Waals surface area contributed by atoms with E-state index >= 15 is 0 Å². The molecule has 1 aromatic rings. The van der Waals surface area contributed by atoms with Crippen molar-refractivity contribution in [2.75, 3.05) is 19.8 Å². The first-order valence-electron chi connectivity index (χ1n) is 6.68. The Bertz CT molecular complexity index is 418. The Balaban J connectivity index is 2.62. The van der Waals surface area contributed by atoms with Crippen LogP contribution in [-0.2, 0) is 9.53 Å². The predicted molar refractivity (Wildman–Crippen MR) is 75.5 cm³/mol. The monoisotopic (exact) mass is 265 g/mol. The molecule has 1 aromatic carbocycles. The quantitative estimate of drug-likeness (QED) is 0.768. The van der Waals surface area contributed by atoms with Gasteiger partial charge in [0.25, 0.3) is 0 Å². The first-order chi connectivity index (χ1) is 9.08. The molecule has 0 amide bonds. The Morgan fingerprint density at radius 3 is 2.63 bits per heavy atom. The van der Waals surface area contributed by atoms with Gasteiger partial charge in [0.05, 0.1) is 6.61 Å². The summed E-state index contributed by atoms with van der Waals surface area (Å²) < 4.78 is 10.7. The van der Waals surface area contributed by atoms with Gasteiger partial charge in [-0.05, 0) is 38.9 Å². The van der Waals surface area contributed by atoms with Crippen molar-refractivity contribution in [3.8, 4) is 5.75 Å². The fourth-order valence-corrected chi connectivity index (χ4v) is 1.83. The first-order valence-corrected chi connectivity index (χ1v) is 6.68. The van der Waals surface area contributed by atoms with Gasteiger partial charge in [-0.25, -0.2) is 0 Å². The van der Waals surface area contributed by atoms with Gasteiger partial charge in [0.15, 0.2) is 0 Å². The number of likely N-dealkylation sites (N-methyl/N-ethyl adjacent to an activating group) is 1. The van der Waals surface area contributed by atoms with E-state index in [0.29, 0.717) is 13.2 Å². The average Bonchev–Trinajstić information content (AvgIpc) is 2.36. The Morgan fingerprint density at radius 1 is 1.32 bits per heavy atom. The van der Waals surface area contributed by atoms with Gasteiger partial charge in [-0.1, -0.05) is 24.6 Å². The molecule has 0 fully saturated rings. The van der Waals surface area contributed by atoms with Gasteiger partial charge in [-0.2, -0.15) is 0 Å². The molecule has 0 bridgehead atoms. The lowest BCUT2D eigenvalue weighted by molar-refractivity contribution is -0.146. The summed E-state index contributed by atoms with van der Waals surface area (Å²) in [5, 5.41) is 3.07. The molecule has 0 aliphatic rings. The summed E-state index contributed by atoms with van der Waals surface area (Å²) in [5.41, 5.74) is 2.26. The predicted octanol–water partition coefficient (Wildman–Crippen LogP) is 2.22. The molecule has 1 rings (SSSR count). The highest BCUT2D eigenvalue weighted by Gasteiger charge is 2.19. The summed E-state index contributed by atoms with van der Waals surface area (Å²) in [6.45, 7) is 9.13. The van der Waals surface area contributed by atoms with Crippen LogP contribution in [0, 0.1) is 13.8 Å². The molecular formula is C15H23NO3. The SMILES string of the molecule is CCNC(COc1ccc(C)cc1C)C(=O)OCC. The van der Waals surface area contributed by atoms with E-state index in [0.717, 1.165) is 11.3 Å². The van der Waals surface area contributed by atoms with E-state index in [-0.39, 0.29) is 12.6 Å². The summed E-state index contributed by atoms with van der Waals surface area (Å²) in [6, 6.07) is 5.56. The summed E-state index contributed by atoms with van der Waals surface area (Å²) >= 11 is 0.